The smallest absolute Gasteiger partial charge is 0.141 e. The molecule has 1 aromatic carbocycles. The van der Waals surface area contributed by atoms with E-state index in [4.69, 9.17) is 28.9 Å². The summed E-state index contributed by atoms with van der Waals surface area (Å²) in [5.41, 5.74) is 7.60. The number of halogens is 3. The van der Waals surface area contributed by atoms with E-state index >= 15 is 0 Å². The zero-order chi connectivity index (χ0) is 13.1. The lowest BCUT2D eigenvalue weighted by Gasteiger charge is -2.12. The fourth-order valence-electron chi connectivity index (χ4n) is 1.67. The van der Waals surface area contributed by atoms with Crippen LogP contribution in [-0.4, -0.2) is 4.98 Å². The van der Waals surface area contributed by atoms with E-state index in [9.17, 15) is 4.39 Å². The summed E-state index contributed by atoms with van der Waals surface area (Å²) in [6, 6.07) is 6.38. The number of hydrogen-bond acceptors (Lipinski definition) is 2. The van der Waals surface area contributed by atoms with E-state index in [0.717, 1.165) is 11.8 Å². The molecule has 0 radical (unpaired) electrons. The maximum absolute atomic E-state index is 13.0. The minimum absolute atomic E-state index is 0.328. The highest BCUT2D eigenvalue weighted by Gasteiger charge is 2.09. The molecular weight excluding hydrogens is 274 g/mol. The van der Waals surface area contributed by atoms with Crippen LogP contribution in [-0.2, 0) is 6.42 Å². The van der Waals surface area contributed by atoms with Crippen LogP contribution < -0.4 is 5.73 Å². The molecule has 1 atom stereocenters. The van der Waals surface area contributed by atoms with Gasteiger partial charge >= 0.3 is 0 Å². The number of nitrogens with two attached hydrogens (primary N) is 1. The van der Waals surface area contributed by atoms with Gasteiger partial charge in [0, 0.05) is 12.2 Å². The van der Waals surface area contributed by atoms with Crippen molar-refractivity contribution in [2.45, 2.75) is 12.5 Å². The summed E-state index contributed by atoms with van der Waals surface area (Å²) in [6.45, 7) is 0. The average molecular weight is 285 g/mol. The first-order valence-corrected chi connectivity index (χ1v) is 6.12. The molecule has 2 aromatic rings. The van der Waals surface area contributed by atoms with Crippen molar-refractivity contribution in [3.05, 3.63) is 63.6 Å². The normalized spacial score (nSPS) is 12.4. The van der Waals surface area contributed by atoms with Crippen molar-refractivity contribution in [1.29, 1.82) is 0 Å². The zero-order valence-corrected chi connectivity index (χ0v) is 10.9. The van der Waals surface area contributed by atoms with E-state index < -0.39 is 5.82 Å². The Morgan fingerprint density at radius 2 is 1.94 bits per heavy atom. The Kier molecular flexibility index (Phi) is 4.17. The van der Waals surface area contributed by atoms with Crippen LogP contribution in [0, 0.1) is 5.82 Å². The van der Waals surface area contributed by atoms with Crippen molar-refractivity contribution in [2.75, 3.05) is 0 Å². The maximum Gasteiger partial charge on any atom is 0.141 e. The van der Waals surface area contributed by atoms with Crippen LogP contribution in [0.25, 0.3) is 0 Å². The summed E-state index contributed by atoms with van der Waals surface area (Å²) in [5, 5.41) is 0.986. The lowest BCUT2D eigenvalue weighted by Crippen LogP contribution is -2.13. The summed E-state index contributed by atoms with van der Waals surface area (Å²) < 4.78 is 13.0. The Morgan fingerprint density at radius 3 is 2.61 bits per heavy atom. The van der Waals surface area contributed by atoms with Crippen LogP contribution >= 0.6 is 23.2 Å². The second kappa shape index (κ2) is 5.65. The summed E-state index contributed by atoms with van der Waals surface area (Å²) in [6.07, 6.45) is 3.25. The molecule has 0 fully saturated rings. The van der Waals surface area contributed by atoms with Crippen LogP contribution in [0.2, 0.25) is 10.0 Å². The number of nitrogens with zero attached hydrogens (tertiary/aromatic N) is 1. The van der Waals surface area contributed by atoms with Gasteiger partial charge in [-0.2, -0.15) is 0 Å². The Hall–Kier alpha value is -1.16. The molecule has 0 aliphatic heterocycles. The zero-order valence-electron chi connectivity index (χ0n) is 9.41. The summed E-state index contributed by atoms with van der Waals surface area (Å²) >= 11 is 11.8. The molecule has 1 heterocycles. The molecule has 94 valence electrons. The fourth-order valence-corrected chi connectivity index (χ4v) is 1.99. The molecule has 18 heavy (non-hydrogen) atoms. The number of benzene rings is 1. The molecule has 0 saturated heterocycles. The summed E-state index contributed by atoms with van der Waals surface area (Å²) in [7, 11) is 0. The van der Waals surface area contributed by atoms with Gasteiger partial charge in [0.25, 0.3) is 0 Å². The fraction of sp³-hybridized carbons (Fsp3) is 0.154. The number of aromatic nitrogens is 1. The van der Waals surface area contributed by atoms with Crippen molar-refractivity contribution >= 4 is 23.2 Å². The van der Waals surface area contributed by atoms with Crippen molar-refractivity contribution in [1.82, 2.24) is 4.98 Å². The highest BCUT2D eigenvalue weighted by Crippen LogP contribution is 2.25. The van der Waals surface area contributed by atoms with Crippen LogP contribution in [0.3, 0.4) is 0 Å². The van der Waals surface area contributed by atoms with Crippen LogP contribution in [0.4, 0.5) is 4.39 Å². The number of hydrogen-bond donors (Lipinski definition) is 1. The van der Waals surface area contributed by atoms with Crippen molar-refractivity contribution in [3.8, 4) is 0 Å². The van der Waals surface area contributed by atoms with Gasteiger partial charge in [-0.1, -0.05) is 29.3 Å². The van der Waals surface area contributed by atoms with Gasteiger partial charge in [0.2, 0.25) is 0 Å². The SMILES string of the molecule is NC(Cc1ccc(Cl)c(Cl)c1)c1cncc(F)c1. The van der Waals surface area contributed by atoms with Crippen LogP contribution in [0.1, 0.15) is 17.2 Å². The van der Waals surface area contributed by atoms with Crippen molar-refractivity contribution in [3.63, 3.8) is 0 Å². The van der Waals surface area contributed by atoms with Gasteiger partial charge in [0.05, 0.1) is 16.2 Å². The molecule has 0 spiro atoms. The lowest BCUT2D eigenvalue weighted by molar-refractivity contribution is 0.610. The minimum atomic E-state index is -0.392. The van der Waals surface area contributed by atoms with E-state index in [1.807, 2.05) is 6.07 Å². The third kappa shape index (κ3) is 3.19. The number of pyridine rings is 1. The highest BCUT2D eigenvalue weighted by molar-refractivity contribution is 6.42. The van der Waals surface area contributed by atoms with E-state index in [0.29, 0.717) is 22.0 Å². The largest absolute Gasteiger partial charge is 0.324 e. The average Bonchev–Trinajstić information content (AvgIpc) is 2.34. The molecule has 0 amide bonds. The van der Waals surface area contributed by atoms with E-state index in [1.54, 1.807) is 18.3 Å². The van der Waals surface area contributed by atoms with Gasteiger partial charge in [-0.15, -0.1) is 0 Å². The van der Waals surface area contributed by atoms with Crippen molar-refractivity contribution in [2.24, 2.45) is 5.73 Å². The standard InChI is InChI=1S/C13H11Cl2FN2/c14-11-2-1-8(3-12(11)15)4-13(17)9-5-10(16)7-18-6-9/h1-3,5-7,13H,4,17H2. The second-order valence-electron chi connectivity index (χ2n) is 4.00. The second-order valence-corrected chi connectivity index (χ2v) is 4.81. The minimum Gasteiger partial charge on any atom is -0.324 e. The molecule has 2 N–H and O–H groups in total. The van der Waals surface area contributed by atoms with Crippen LogP contribution in [0.5, 0.6) is 0 Å². The van der Waals surface area contributed by atoms with Gasteiger partial charge < -0.3 is 5.73 Å². The van der Waals surface area contributed by atoms with Crippen LogP contribution in [0.15, 0.2) is 36.7 Å². The Balaban J connectivity index is 2.16. The molecule has 0 aliphatic rings. The lowest BCUT2D eigenvalue weighted by atomic mass is 10.0. The highest BCUT2D eigenvalue weighted by atomic mass is 35.5. The predicted octanol–water partition coefficient (Wildman–Crippen LogP) is 3.77. The predicted molar refractivity (Wildman–Crippen MR) is 71.3 cm³/mol. The topological polar surface area (TPSA) is 38.9 Å². The molecule has 0 aliphatic carbocycles. The Morgan fingerprint density at radius 1 is 1.17 bits per heavy atom. The molecular formula is C13H11Cl2FN2. The van der Waals surface area contributed by atoms with E-state index in [1.165, 1.54) is 6.07 Å². The molecule has 5 heteroatoms. The molecule has 1 aromatic heterocycles. The number of rotatable bonds is 3. The van der Waals surface area contributed by atoms with E-state index in [2.05, 4.69) is 4.98 Å². The Bertz CT molecular complexity index is 560. The van der Waals surface area contributed by atoms with Gasteiger partial charge in [-0.3, -0.25) is 4.98 Å². The van der Waals surface area contributed by atoms with Crippen molar-refractivity contribution < 1.29 is 4.39 Å². The molecule has 2 rings (SSSR count). The summed E-state index contributed by atoms with van der Waals surface area (Å²) in [4.78, 5) is 3.78. The van der Waals surface area contributed by atoms with Gasteiger partial charge in [0.1, 0.15) is 5.82 Å². The summed E-state index contributed by atoms with van der Waals surface area (Å²) in [5.74, 6) is -0.392. The van der Waals surface area contributed by atoms with E-state index in [-0.39, 0.29) is 6.04 Å². The third-order valence-electron chi connectivity index (χ3n) is 2.59. The molecule has 0 bridgehead atoms. The maximum atomic E-state index is 13.0. The first-order valence-electron chi connectivity index (χ1n) is 5.36. The monoisotopic (exact) mass is 284 g/mol. The van der Waals surface area contributed by atoms with Gasteiger partial charge in [-0.25, -0.2) is 4.39 Å². The third-order valence-corrected chi connectivity index (χ3v) is 3.33. The molecule has 1 unspecified atom stereocenters. The molecule has 0 saturated carbocycles. The quantitative estimate of drug-likeness (QED) is 0.932. The molecule has 2 nitrogen and oxygen atoms in total. The first-order chi connectivity index (χ1) is 8.56. The Labute approximate surface area is 115 Å². The van der Waals surface area contributed by atoms with Gasteiger partial charge in [-0.05, 0) is 35.7 Å². The van der Waals surface area contributed by atoms with Gasteiger partial charge in [0.15, 0.2) is 0 Å². The first kappa shape index (κ1) is 13.3.